The number of rotatable bonds is 4. The highest BCUT2D eigenvalue weighted by atomic mass is 15.0. The zero-order valence-corrected chi connectivity index (χ0v) is 11.5. The molecule has 0 aliphatic heterocycles. The molecule has 1 unspecified atom stereocenters. The smallest absolute Gasteiger partial charge is 0.144 e. The number of nitrogens with one attached hydrogen (secondary N) is 1. The number of hydrogen-bond acceptors (Lipinski definition) is 3. The molecule has 2 rings (SSSR count). The van der Waals surface area contributed by atoms with Crippen molar-refractivity contribution in [3.8, 4) is 6.07 Å². The van der Waals surface area contributed by atoms with Crippen LogP contribution in [0.1, 0.15) is 44.0 Å². The fraction of sp³-hybridized carbons (Fsp3) is 0.600. The van der Waals surface area contributed by atoms with Crippen LogP contribution in [0.4, 0.5) is 5.82 Å². The summed E-state index contributed by atoms with van der Waals surface area (Å²) in [4.78, 5) is 4.62. The van der Waals surface area contributed by atoms with Crippen molar-refractivity contribution in [1.29, 1.82) is 5.26 Å². The molecule has 3 nitrogen and oxygen atoms in total. The van der Waals surface area contributed by atoms with Gasteiger partial charge >= 0.3 is 0 Å². The molecule has 18 heavy (non-hydrogen) atoms. The quantitative estimate of drug-likeness (QED) is 0.883. The van der Waals surface area contributed by atoms with Crippen LogP contribution in [0.25, 0.3) is 0 Å². The largest absolute Gasteiger partial charge is 0.369 e. The van der Waals surface area contributed by atoms with Gasteiger partial charge in [0.15, 0.2) is 0 Å². The van der Waals surface area contributed by atoms with E-state index in [1.165, 1.54) is 17.7 Å². The van der Waals surface area contributed by atoms with Gasteiger partial charge in [-0.1, -0.05) is 20.8 Å². The minimum atomic E-state index is 0.576. The second-order valence-electron chi connectivity index (χ2n) is 5.56. The van der Waals surface area contributed by atoms with Crippen LogP contribution in [0.2, 0.25) is 0 Å². The average Bonchev–Trinajstić information content (AvgIpc) is 2.81. The Morgan fingerprint density at radius 1 is 1.39 bits per heavy atom. The molecule has 1 aromatic heterocycles. The van der Waals surface area contributed by atoms with Gasteiger partial charge in [0.25, 0.3) is 0 Å². The van der Waals surface area contributed by atoms with E-state index in [9.17, 15) is 5.26 Å². The number of nitrogens with zero attached hydrogens (tertiary/aromatic N) is 2. The van der Waals surface area contributed by atoms with Gasteiger partial charge in [-0.15, -0.1) is 0 Å². The zero-order chi connectivity index (χ0) is 13.1. The third kappa shape index (κ3) is 2.64. The van der Waals surface area contributed by atoms with Crippen molar-refractivity contribution in [2.24, 2.45) is 11.8 Å². The molecule has 0 radical (unpaired) electrons. The van der Waals surface area contributed by atoms with Gasteiger partial charge in [0.1, 0.15) is 11.9 Å². The molecular weight excluding hydrogens is 222 g/mol. The number of aromatic nitrogens is 1. The first kappa shape index (κ1) is 12.9. The summed E-state index contributed by atoms with van der Waals surface area (Å²) < 4.78 is 0. The SMILES string of the molecule is CC(C)C(C)CNc1nc2c(cc1C#N)CCC2. The fourth-order valence-corrected chi connectivity index (χ4v) is 2.19. The maximum Gasteiger partial charge on any atom is 0.144 e. The number of fused-ring (bicyclic) bond motifs is 1. The Kier molecular flexibility index (Phi) is 3.86. The third-order valence-corrected chi connectivity index (χ3v) is 3.90. The molecule has 1 atom stereocenters. The number of pyridine rings is 1. The summed E-state index contributed by atoms with van der Waals surface area (Å²) in [6.07, 6.45) is 3.29. The maximum atomic E-state index is 9.19. The third-order valence-electron chi connectivity index (χ3n) is 3.90. The highest BCUT2D eigenvalue weighted by Crippen LogP contribution is 2.25. The van der Waals surface area contributed by atoms with E-state index in [0.717, 1.165) is 25.2 Å². The second-order valence-corrected chi connectivity index (χ2v) is 5.56. The highest BCUT2D eigenvalue weighted by Gasteiger charge is 2.17. The lowest BCUT2D eigenvalue weighted by atomic mass is 9.98. The van der Waals surface area contributed by atoms with E-state index < -0.39 is 0 Å². The Balaban J connectivity index is 2.15. The highest BCUT2D eigenvalue weighted by molar-refractivity contribution is 5.55. The number of hydrogen-bond donors (Lipinski definition) is 1. The van der Waals surface area contributed by atoms with Gasteiger partial charge < -0.3 is 5.32 Å². The molecule has 1 aromatic rings. The fourth-order valence-electron chi connectivity index (χ4n) is 2.19. The molecule has 1 aliphatic carbocycles. The normalized spacial score (nSPS) is 15.3. The number of aryl methyl sites for hydroxylation is 2. The van der Waals surface area contributed by atoms with Crippen molar-refractivity contribution in [3.05, 3.63) is 22.9 Å². The summed E-state index contributed by atoms with van der Waals surface area (Å²) >= 11 is 0. The van der Waals surface area contributed by atoms with E-state index in [0.29, 0.717) is 17.4 Å². The van der Waals surface area contributed by atoms with Crippen molar-refractivity contribution in [2.45, 2.75) is 40.0 Å². The van der Waals surface area contributed by atoms with Crippen LogP contribution in [-0.4, -0.2) is 11.5 Å². The van der Waals surface area contributed by atoms with Crippen LogP contribution in [0.15, 0.2) is 6.07 Å². The molecule has 1 heterocycles. The van der Waals surface area contributed by atoms with E-state index in [1.54, 1.807) is 0 Å². The Bertz CT molecular complexity index is 471. The standard InChI is InChI=1S/C15H21N3/c1-10(2)11(3)9-17-15-13(8-16)7-12-5-4-6-14(12)18-15/h7,10-11H,4-6,9H2,1-3H3,(H,17,18). The van der Waals surface area contributed by atoms with Crippen LogP contribution in [0.3, 0.4) is 0 Å². The van der Waals surface area contributed by atoms with E-state index in [4.69, 9.17) is 0 Å². The lowest BCUT2D eigenvalue weighted by Crippen LogP contribution is -2.17. The van der Waals surface area contributed by atoms with Gasteiger partial charge in [-0.25, -0.2) is 4.98 Å². The van der Waals surface area contributed by atoms with Crippen molar-refractivity contribution in [2.75, 3.05) is 11.9 Å². The molecule has 3 heteroatoms. The van der Waals surface area contributed by atoms with Crippen molar-refractivity contribution >= 4 is 5.82 Å². The molecule has 96 valence electrons. The Labute approximate surface area is 109 Å². The average molecular weight is 243 g/mol. The molecule has 0 bridgehead atoms. The summed E-state index contributed by atoms with van der Waals surface area (Å²) in [6.45, 7) is 7.52. The molecule has 0 aromatic carbocycles. The van der Waals surface area contributed by atoms with E-state index in [1.807, 2.05) is 6.07 Å². The van der Waals surface area contributed by atoms with E-state index >= 15 is 0 Å². The van der Waals surface area contributed by atoms with E-state index in [2.05, 4.69) is 37.1 Å². The van der Waals surface area contributed by atoms with Crippen LogP contribution in [0.5, 0.6) is 0 Å². The van der Waals surface area contributed by atoms with Crippen LogP contribution in [0, 0.1) is 23.2 Å². The second kappa shape index (κ2) is 5.39. The van der Waals surface area contributed by atoms with Gasteiger partial charge in [-0.3, -0.25) is 0 Å². The van der Waals surface area contributed by atoms with Crippen LogP contribution < -0.4 is 5.32 Å². The molecule has 0 saturated carbocycles. The molecule has 0 fully saturated rings. The van der Waals surface area contributed by atoms with Gasteiger partial charge in [0.2, 0.25) is 0 Å². The van der Waals surface area contributed by atoms with Gasteiger partial charge in [-0.2, -0.15) is 5.26 Å². The van der Waals surface area contributed by atoms with Gasteiger partial charge in [0.05, 0.1) is 5.56 Å². The number of nitriles is 1. The first-order valence-corrected chi connectivity index (χ1v) is 6.78. The molecule has 1 aliphatic rings. The van der Waals surface area contributed by atoms with E-state index in [-0.39, 0.29) is 0 Å². The Morgan fingerprint density at radius 3 is 2.83 bits per heavy atom. The molecule has 0 saturated heterocycles. The zero-order valence-electron chi connectivity index (χ0n) is 11.5. The van der Waals surface area contributed by atoms with Gasteiger partial charge in [-0.05, 0) is 42.7 Å². The monoisotopic (exact) mass is 243 g/mol. The minimum Gasteiger partial charge on any atom is -0.369 e. The predicted octanol–water partition coefficient (Wildman–Crippen LogP) is 3.15. The topological polar surface area (TPSA) is 48.7 Å². The molecule has 0 amide bonds. The predicted molar refractivity (Wildman–Crippen MR) is 73.5 cm³/mol. The first-order chi connectivity index (χ1) is 8.61. The Morgan fingerprint density at radius 2 is 2.17 bits per heavy atom. The first-order valence-electron chi connectivity index (χ1n) is 6.78. The van der Waals surface area contributed by atoms with Gasteiger partial charge in [0, 0.05) is 12.2 Å². The summed E-state index contributed by atoms with van der Waals surface area (Å²) in [5.41, 5.74) is 3.12. The lowest BCUT2D eigenvalue weighted by Gasteiger charge is -2.17. The van der Waals surface area contributed by atoms with Crippen molar-refractivity contribution in [3.63, 3.8) is 0 Å². The summed E-state index contributed by atoms with van der Waals surface area (Å²) in [6, 6.07) is 4.26. The van der Waals surface area contributed by atoms with Crippen molar-refractivity contribution in [1.82, 2.24) is 4.98 Å². The molecule has 0 spiro atoms. The summed E-state index contributed by atoms with van der Waals surface area (Å²) in [7, 11) is 0. The minimum absolute atomic E-state index is 0.576. The lowest BCUT2D eigenvalue weighted by molar-refractivity contribution is 0.439. The molecular formula is C15H21N3. The Hall–Kier alpha value is -1.56. The maximum absolute atomic E-state index is 9.19. The van der Waals surface area contributed by atoms with Crippen LogP contribution in [-0.2, 0) is 12.8 Å². The van der Waals surface area contributed by atoms with Crippen LogP contribution >= 0.6 is 0 Å². The number of anilines is 1. The summed E-state index contributed by atoms with van der Waals surface area (Å²) in [5.74, 6) is 1.98. The molecule has 1 N–H and O–H groups in total. The van der Waals surface area contributed by atoms with Crippen molar-refractivity contribution < 1.29 is 0 Å². The summed E-state index contributed by atoms with van der Waals surface area (Å²) in [5, 5.41) is 12.5.